The Morgan fingerprint density at radius 2 is 1.90 bits per heavy atom. The molecule has 0 spiro atoms. The SMILES string of the molecule is C/C(=N/Nc1nc2ccccc2s1)c1ccc(Cl)cc1. The van der Waals surface area contributed by atoms with Gasteiger partial charge in [0.25, 0.3) is 0 Å². The lowest BCUT2D eigenvalue weighted by Gasteiger charge is -2.01. The molecular weight excluding hydrogens is 290 g/mol. The fraction of sp³-hybridized carbons (Fsp3) is 0.0667. The number of anilines is 1. The number of halogens is 1. The fourth-order valence-electron chi connectivity index (χ4n) is 1.81. The number of hydrogen-bond acceptors (Lipinski definition) is 4. The molecular formula is C15H12ClN3S. The second-order valence-electron chi connectivity index (χ2n) is 4.30. The van der Waals surface area contributed by atoms with Gasteiger partial charge in [-0.2, -0.15) is 5.10 Å². The maximum absolute atomic E-state index is 5.87. The van der Waals surface area contributed by atoms with Crippen LogP contribution in [0.15, 0.2) is 53.6 Å². The highest BCUT2D eigenvalue weighted by Crippen LogP contribution is 2.25. The number of rotatable bonds is 3. The minimum Gasteiger partial charge on any atom is -0.252 e. The molecule has 0 saturated carbocycles. The molecule has 0 aliphatic heterocycles. The van der Waals surface area contributed by atoms with E-state index in [1.165, 1.54) is 0 Å². The normalized spacial score (nSPS) is 11.8. The third kappa shape index (κ3) is 2.81. The Kier molecular flexibility index (Phi) is 3.67. The van der Waals surface area contributed by atoms with E-state index in [2.05, 4.69) is 15.5 Å². The fourth-order valence-corrected chi connectivity index (χ4v) is 2.74. The van der Waals surface area contributed by atoms with Crippen molar-refractivity contribution in [2.24, 2.45) is 5.10 Å². The van der Waals surface area contributed by atoms with Gasteiger partial charge in [0.2, 0.25) is 5.13 Å². The number of hydrazone groups is 1. The van der Waals surface area contributed by atoms with Crippen molar-refractivity contribution in [3.8, 4) is 0 Å². The highest BCUT2D eigenvalue weighted by atomic mass is 35.5. The average Bonchev–Trinajstić information content (AvgIpc) is 2.88. The van der Waals surface area contributed by atoms with Crippen LogP contribution in [0, 0.1) is 0 Å². The molecule has 0 amide bonds. The Labute approximate surface area is 125 Å². The van der Waals surface area contributed by atoms with Crippen molar-refractivity contribution in [2.45, 2.75) is 6.92 Å². The molecule has 1 aromatic heterocycles. The Morgan fingerprint density at radius 3 is 2.65 bits per heavy atom. The van der Waals surface area contributed by atoms with Gasteiger partial charge in [-0.3, -0.25) is 5.43 Å². The molecule has 1 heterocycles. The van der Waals surface area contributed by atoms with Crippen LogP contribution in [0.5, 0.6) is 0 Å². The maximum atomic E-state index is 5.87. The molecule has 3 aromatic rings. The number of nitrogens with zero attached hydrogens (tertiary/aromatic N) is 2. The summed E-state index contributed by atoms with van der Waals surface area (Å²) in [5, 5.41) is 5.88. The van der Waals surface area contributed by atoms with Crippen LogP contribution in [0.2, 0.25) is 5.02 Å². The van der Waals surface area contributed by atoms with Crippen molar-refractivity contribution in [3.05, 3.63) is 59.1 Å². The highest BCUT2D eigenvalue weighted by molar-refractivity contribution is 7.22. The first-order chi connectivity index (χ1) is 9.72. The molecule has 0 atom stereocenters. The van der Waals surface area contributed by atoms with Gasteiger partial charge >= 0.3 is 0 Å². The molecule has 0 unspecified atom stereocenters. The van der Waals surface area contributed by atoms with Crippen LogP contribution >= 0.6 is 22.9 Å². The molecule has 20 heavy (non-hydrogen) atoms. The summed E-state index contributed by atoms with van der Waals surface area (Å²) < 4.78 is 1.15. The Morgan fingerprint density at radius 1 is 1.15 bits per heavy atom. The highest BCUT2D eigenvalue weighted by Gasteiger charge is 2.02. The second-order valence-corrected chi connectivity index (χ2v) is 5.77. The largest absolute Gasteiger partial charge is 0.252 e. The molecule has 0 aliphatic carbocycles. The van der Waals surface area contributed by atoms with Gasteiger partial charge in [0, 0.05) is 5.02 Å². The molecule has 1 N–H and O–H groups in total. The van der Waals surface area contributed by atoms with Crippen molar-refractivity contribution >= 4 is 44.0 Å². The molecule has 5 heteroatoms. The Hall–Kier alpha value is -1.91. The van der Waals surface area contributed by atoms with Crippen molar-refractivity contribution in [1.82, 2.24) is 4.98 Å². The number of fused-ring (bicyclic) bond motifs is 1. The topological polar surface area (TPSA) is 37.3 Å². The lowest BCUT2D eigenvalue weighted by atomic mass is 10.1. The van der Waals surface area contributed by atoms with Crippen molar-refractivity contribution in [2.75, 3.05) is 5.43 Å². The van der Waals surface area contributed by atoms with Crippen LogP contribution in [0.25, 0.3) is 10.2 Å². The zero-order valence-electron chi connectivity index (χ0n) is 10.8. The van der Waals surface area contributed by atoms with Gasteiger partial charge in [-0.25, -0.2) is 4.98 Å². The van der Waals surface area contributed by atoms with E-state index in [4.69, 9.17) is 11.6 Å². The molecule has 0 radical (unpaired) electrons. The first kappa shape index (κ1) is 13.1. The first-order valence-corrected chi connectivity index (χ1v) is 7.33. The number of hydrogen-bond donors (Lipinski definition) is 1. The van der Waals surface area contributed by atoms with E-state index >= 15 is 0 Å². The summed E-state index contributed by atoms with van der Waals surface area (Å²) in [6, 6.07) is 15.6. The van der Waals surface area contributed by atoms with Gasteiger partial charge in [0.05, 0.1) is 15.9 Å². The maximum Gasteiger partial charge on any atom is 0.204 e. The van der Waals surface area contributed by atoms with Gasteiger partial charge in [0.1, 0.15) is 0 Å². The van der Waals surface area contributed by atoms with Gasteiger partial charge < -0.3 is 0 Å². The summed E-state index contributed by atoms with van der Waals surface area (Å²) >= 11 is 7.46. The molecule has 0 bridgehead atoms. The van der Waals surface area contributed by atoms with E-state index in [0.29, 0.717) is 0 Å². The van der Waals surface area contributed by atoms with E-state index in [0.717, 1.165) is 31.6 Å². The van der Waals surface area contributed by atoms with E-state index < -0.39 is 0 Å². The van der Waals surface area contributed by atoms with Gasteiger partial charge in [-0.05, 0) is 36.8 Å². The van der Waals surface area contributed by atoms with Gasteiger partial charge in [0.15, 0.2) is 0 Å². The summed E-state index contributed by atoms with van der Waals surface area (Å²) in [5.74, 6) is 0. The lowest BCUT2D eigenvalue weighted by molar-refractivity contribution is 1.29. The van der Waals surface area contributed by atoms with Crippen LogP contribution in [-0.4, -0.2) is 10.7 Å². The molecule has 0 aliphatic rings. The molecule has 3 nitrogen and oxygen atoms in total. The first-order valence-electron chi connectivity index (χ1n) is 6.14. The van der Waals surface area contributed by atoms with Gasteiger partial charge in [-0.15, -0.1) is 0 Å². The zero-order chi connectivity index (χ0) is 13.9. The van der Waals surface area contributed by atoms with Crippen LogP contribution in [0.4, 0.5) is 5.13 Å². The van der Waals surface area contributed by atoms with Crippen LogP contribution < -0.4 is 5.43 Å². The van der Waals surface area contributed by atoms with E-state index in [1.807, 2.05) is 55.5 Å². The second kappa shape index (κ2) is 5.61. The lowest BCUT2D eigenvalue weighted by Crippen LogP contribution is -1.99. The summed E-state index contributed by atoms with van der Waals surface area (Å²) in [5.41, 5.74) is 5.92. The summed E-state index contributed by atoms with van der Waals surface area (Å²) in [6.07, 6.45) is 0. The smallest absolute Gasteiger partial charge is 0.204 e. The molecule has 100 valence electrons. The number of thiazole rings is 1. The molecule has 0 fully saturated rings. The zero-order valence-corrected chi connectivity index (χ0v) is 12.4. The van der Waals surface area contributed by atoms with Crippen molar-refractivity contribution in [3.63, 3.8) is 0 Å². The summed E-state index contributed by atoms with van der Waals surface area (Å²) in [4.78, 5) is 4.47. The summed E-state index contributed by atoms with van der Waals surface area (Å²) in [6.45, 7) is 1.95. The minimum atomic E-state index is 0.723. The van der Waals surface area contributed by atoms with Gasteiger partial charge in [-0.1, -0.05) is 47.2 Å². The van der Waals surface area contributed by atoms with Crippen LogP contribution in [0.1, 0.15) is 12.5 Å². The van der Waals surface area contributed by atoms with E-state index in [-0.39, 0.29) is 0 Å². The number of aromatic nitrogens is 1. The minimum absolute atomic E-state index is 0.723. The Balaban J connectivity index is 1.80. The number of para-hydroxylation sites is 1. The number of benzene rings is 2. The van der Waals surface area contributed by atoms with Crippen molar-refractivity contribution < 1.29 is 0 Å². The predicted molar refractivity (Wildman–Crippen MR) is 86.9 cm³/mol. The van der Waals surface area contributed by atoms with Crippen LogP contribution in [-0.2, 0) is 0 Å². The number of nitrogens with one attached hydrogen (secondary N) is 1. The van der Waals surface area contributed by atoms with Crippen LogP contribution in [0.3, 0.4) is 0 Å². The quantitative estimate of drug-likeness (QED) is 0.558. The monoisotopic (exact) mass is 301 g/mol. The molecule has 0 saturated heterocycles. The standard InChI is InChI=1S/C15H12ClN3S/c1-10(11-6-8-12(16)9-7-11)18-19-15-17-13-4-2-3-5-14(13)20-15/h2-9H,1H3,(H,17,19)/b18-10-. The van der Waals surface area contributed by atoms with E-state index in [1.54, 1.807) is 11.3 Å². The predicted octanol–water partition coefficient (Wildman–Crippen LogP) is 4.79. The summed E-state index contributed by atoms with van der Waals surface area (Å²) in [7, 11) is 0. The third-order valence-corrected chi connectivity index (χ3v) is 4.07. The molecule has 3 rings (SSSR count). The molecule has 2 aromatic carbocycles. The van der Waals surface area contributed by atoms with E-state index in [9.17, 15) is 0 Å². The Bertz CT molecular complexity index is 729. The third-order valence-electron chi connectivity index (χ3n) is 2.88. The van der Waals surface area contributed by atoms with Crippen molar-refractivity contribution in [1.29, 1.82) is 0 Å². The average molecular weight is 302 g/mol.